The van der Waals surface area contributed by atoms with Gasteiger partial charge in [-0.15, -0.1) is 10.2 Å². The summed E-state index contributed by atoms with van der Waals surface area (Å²) in [6.45, 7) is 3.10. The van der Waals surface area contributed by atoms with Crippen LogP contribution in [0, 0.1) is 0 Å². The summed E-state index contributed by atoms with van der Waals surface area (Å²) < 4.78 is 0.960. The smallest absolute Gasteiger partial charge is 0.229 e. The van der Waals surface area contributed by atoms with Gasteiger partial charge in [0.2, 0.25) is 5.91 Å². The summed E-state index contributed by atoms with van der Waals surface area (Å²) in [7, 11) is 1.99. The van der Waals surface area contributed by atoms with Crippen LogP contribution in [0.25, 0.3) is 0 Å². The normalized spacial score (nSPS) is 10.4. The van der Waals surface area contributed by atoms with Gasteiger partial charge in [-0.05, 0) is 36.2 Å². The molecule has 1 aromatic heterocycles. The van der Waals surface area contributed by atoms with Crippen molar-refractivity contribution in [1.29, 1.82) is 0 Å². The third-order valence-corrected chi connectivity index (χ3v) is 3.90. The second-order valence-corrected chi connectivity index (χ2v) is 6.32. The van der Waals surface area contributed by atoms with E-state index >= 15 is 0 Å². The van der Waals surface area contributed by atoms with Crippen LogP contribution in [0.1, 0.15) is 25.3 Å². The highest BCUT2D eigenvalue weighted by atomic mass is 79.9. The van der Waals surface area contributed by atoms with Crippen LogP contribution >= 0.6 is 15.9 Å². The molecule has 0 radical (unpaired) electrons. The molecule has 0 saturated carbocycles. The van der Waals surface area contributed by atoms with Crippen molar-refractivity contribution in [2.24, 2.45) is 0 Å². The van der Waals surface area contributed by atoms with Crippen LogP contribution in [0.3, 0.4) is 0 Å². The molecule has 2 aromatic rings. The second kappa shape index (κ2) is 8.62. The Kier molecular flexibility index (Phi) is 6.52. The van der Waals surface area contributed by atoms with E-state index in [1.165, 1.54) is 0 Å². The molecular formula is C17H21BrN4O. The van der Waals surface area contributed by atoms with E-state index < -0.39 is 0 Å². The summed E-state index contributed by atoms with van der Waals surface area (Å²) in [5.41, 5.74) is 0.945. The minimum absolute atomic E-state index is 0.107. The molecule has 2 rings (SSSR count). The lowest BCUT2D eigenvalue weighted by Crippen LogP contribution is -2.20. The highest BCUT2D eigenvalue weighted by molar-refractivity contribution is 9.10. The maximum absolute atomic E-state index is 12.0. The van der Waals surface area contributed by atoms with Gasteiger partial charge in [-0.3, -0.25) is 4.79 Å². The van der Waals surface area contributed by atoms with Crippen molar-refractivity contribution in [2.45, 2.75) is 26.2 Å². The van der Waals surface area contributed by atoms with E-state index in [-0.39, 0.29) is 5.91 Å². The molecule has 1 aromatic carbocycles. The fraction of sp³-hybridized carbons (Fsp3) is 0.353. The van der Waals surface area contributed by atoms with Crippen molar-refractivity contribution >= 4 is 33.5 Å². The molecule has 1 N–H and O–H groups in total. The molecule has 0 bridgehead atoms. The van der Waals surface area contributed by atoms with E-state index in [0.29, 0.717) is 12.2 Å². The van der Waals surface area contributed by atoms with E-state index in [1.54, 1.807) is 6.07 Å². The summed E-state index contributed by atoms with van der Waals surface area (Å²) in [4.78, 5) is 14.1. The van der Waals surface area contributed by atoms with Crippen LogP contribution in [0.4, 0.5) is 11.6 Å². The Balaban J connectivity index is 1.91. The van der Waals surface area contributed by atoms with E-state index in [9.17, 15) is 4.79 Å². The minimum Gasteiger partial charge on any atom is -0.358 e. The molecule has 0 aliphatic heterocycles. The zero-order chi connectivity index (χ0) is 16.7. The van der Waals surface area contributed by atoms with Gasteiger partial charge in [0.25, 0.3) is 0 Å². The average molecular weight is 377 g/mol. The number of hydrogen-bond acceptors (Lipinski definition) is 4. The molecule has 0 fully saturated rings. The minimum atomic E-state index is -0.107. The highest BCUT2D eigenvalue weighted by Gasteiger charge is 2.07. The number of carbonyl (C=O) groups is 1. The lowest BCUT2D eigenvalue weighted by atomic mass is 10.1. The molecule has 0 spiro atoms. The van der Waals surface area contributed by atoms with Crippen LogP contribution in [0.5, 0.6) is 0 Å². The zero-order valence-corrected chi connectivity index (χ0v) is 15.0. The average Bonchev–Trinajstić information content (AvgIpc) is 2.53. The second-order valence-electron chi connectivity index (χ2n) is 5.41. The van der Waals surface area contributed by atoms with Gasteiger partial charge in [-0.1, -0.05) is 41.4 Å². The van der Waals surface area contributed by atoms with Crippen LogP contribution in [0.15, 0.2) is 40.9 Å². The third-order valence-electron chi connectivity index (χ3n) is 3.41. The van der Waals surface area contributed by atoms with Gasteiger partial charge >= 0.3 is 0 Å². The van der Waals surface area contributed by atoms with E-state index in [4.69, 9.17) is 0 Å². The standard InChI is InChI=1S/C17H21BrN4O/c1-3-4-10-22(2)16-9-8-15(20-21-16)19-17(23)12-13-6-5-7-14(18)11-13/h5-9,11H,3-4,10,12H2,1-2H3,(H,19,20,23). The number of carbonyl (C=O) groups excluding carboxylic acids is 1. The topological polar surface area (TPSA) is 58.1 Å². The molecule has 0 saturated heterocycles. The Morgan fingerprint density at radius 2 is 2.09 bits per heavy atom. The summed E-state index contributed by atoms with van der Waals surface area (Å²) >= 11 is 3.40. The maximum Gasteiger partial charge on any atom is 0.229 e. The maximum atomic E-state index is 12.0. The molecule has 0 aliphatic carbocycles. The fourth-order valence-electron chi connectivity index (χ4n) is 2.12. The lowest BCUT2D eigenvalue weighted by molar-refractivity contribution is -0.115. The van der Waals surface area contributed by atoms with Crippen LogP contribution in [0.2, 0.25) is 0 Å². The first kappa shape index (κ1) is 17.4. The quantitative estimate of drug-likeness (QED) is 0.800. The van der Waals surface area contributed by atoms with E-state index in [2.05, 4.69) is 43.3 Å². The van der Waals surface area contributed by atoms with Gasteiger partial charge in [0.05, 0.1) is 6.42 Å². The Morgan fingerprint density at radius 1 is 1.26 bits per heavy atom. The van der Waals surface area contributed by atoms with Crippen molar-refractivity contribution in [3.63, 3.8) is 0 Å². The van der Waals surface area contributed by atoms with Crippen molar-refractivity contribution in [1.82, 2.24) is 10.2 Å². The van der Waals surface area contributed by atoms with Gasteiger partial charge in [0, 0.05) is 18.1 Å². The number of nitrogens with one attached hydrogen (secondary N) is 1. The summed E-state index contributed by atoms with van der Waals surface area (Å²) in [6.07, 6.45) is 2.56. The SMILES string of the molecule is CCCCN(C)c1ccc(NC(=O)Cc2cccc(Br)c2)nn1. The number of aromatic nitrogens is 2. The molecular weight excluding hydrogens is 356 g/mol. The first-order valence-electron chi connectivity index (χ1n) is 7.67. The van der Waals surface area contributed by atoms with Gasteiger partial charge < -0.3 is 10.2 Å². The Morgan fingerprint density at radius 3 is 2.74 bits per heavy atom. The number of rotatable bonds is 7. The van der Waals surface area contributed by atoms with Gasteiger partial charge in [0.1, 0.15) is 0 Å². The number of unbranched alkanes of at least 4 members (excludes halogenated alkanes) is 1. The molecule has 1 heterocycles. The predicted octanol–water partition coefficient (Wildman–Crippen LogP) is 3.66. The molecule has 0 unspecified atom stereocenters. The summed E-state index contributed by atoms with van der Waals surface area (Å²) in [5, 5.41) is 11.0. The van der Waals surface area contributed by atoms with Gasteiger partial charge in [0.15, 0.2) is 11.6 Å². The van der Waals surface area contributed by atoms with Crippen molar-refractivity contribution in [3.05, 3.63) is 46.4 Å². The largest absolute Gasteiger partial charge is 0.358 e. The Bertz CT molecular complexity index is 645. The number of benzene rings is 1. The molecule has 122 valence electrons. The monoisotopic (exact) mass is 376 g/mol. The van der Waals surface area contributed by atoms with Crippen molar-refractivity contribution in [3.8, 4) is 0 Å². The molecule has 0 atom stereocenters. The lowest BCUT2D eigenvalue weighted by Gasteiger charge is -2.17. The zero-order valence-electron chi connectivity index (χ0n) is 13.4. The number of amides is 1. The number of anilines is 2. The van der Waals surface area contributed by atoms with E-state index in [0.717, 1.165) is 35.2 Å². The molecule has 1 amide bonds. The third kappa shape index (κ3) is 5.63. The molecule has 23 heavy (non-hydrogen) atoms. The van der Waals surface area contributed by atoms with Crippen LogP contribution in [-0.4, -0.2) is 29.7 Å². The number of halogens is 1. The first-order valence-corrected chi connectivity index (χ1v) is 8.47. The fourth-order valence-corrected chi connectivity index (χ4v) is 2.57. The Hall–Kier alpha value is -1.95. The number of hydrogen-bond donors (Lipinski definition) is 1. The van der Waals surface area contributed by atoms with Crippen LogP contribution < -0.4 is 10.2 Å². The molecule has 0 aliphatic rings. The van der Waals surface area contributed by atoms with Crippen LogP contribution in [-0.2, 0) is 11.2 Å². The van der Waals surface area contributed by atoms with Gasteiger partial charge in [-0.2, -0.15) is 0 Å². The first-order chi connectivity index (χ1) is 11.1. The highest BCUT2D eigenvalue weighted by Crippen LogP contribution is 2.14. The summed E-state index contributed by atoms with van der Waals surface area (Å²) in [5.74, 6) is 1.17. The number of nitrogens with zero attached hydrogens (tertiary/aromatic N) is 3. The molecule has 5 nitrogen and oxygen atoms in total. The Labute approximate surface area is 145 Å². The summed E-state index contributed by atoms with van der Waals surface area (Å²) in [6, 6.07) is 11.3. The van der Waals surface area contributed by atoms with Crippen molar-refractivity contribution < 1.29 is 4.79 Å². The van der Waals surface area contributed by atoms with Crippen molar-refractivity contribution in [2.75, 3.05) is 23.8 Å². The predicted molar refractivity (Wildman–Crippen MR) is 96.7 cm³/mol. The van der Waals surface area contributed by atoms with E-state index in [1.807, 2.05) is 37.4 Å². The van der Waals surface area contributed by atoms with Gasteiger partial charge in [-0.25, -0.2) is 0 Å². The molecule has 6 heteroatoms.